The molecular formula is C10H12ClFO3S. The van der Waals surface area contributed by atoms with Gasteiger partial charge in [0.25, 0.3) is 0 Å². The molecule has 0 saturated heterocycles. The number of benzene rings is 1. The van der Waals surface area contributed by atoms with E-state index in [4.69, 9.17) is 15.4 Å². The van der Waals surface area contributed by atoms with Crippen LogP contribution in [0.3, 0.4) is 0 Å². The van der Waals surface area contributed by atoms with Crippen molar-refractivity contribution in [1.29, 1.82) is 0 Å². The van der Waals surface area contributed by atoms with Crippen molar-refractivity contribution in [2.75, 3.05) is 12.4 Å². The van der Waals surface area contributed by atoms with Gasteiger partial charge < -0.3 is 4.74 Å². The van der Waals surface area contributed by atoms with E-state index >= 15 is 0 Å². The van der Waals surface area contributed by atoms with E-state index in [-0.39, 0.29) is 24.1 Å². The van der Waals surface area contributed by atoms with Crippen LogP contribution in [0.15, 0.2) is 24.3 Å². The fraction of sp³-hybridized carbons (Fsp3) is 0.400. The Hall–Kier alpha value is -0.810. The van der Waals surface area contributed by atoms with Crippen molar-refractivity contribution in [3.63, 3.8) is 0 Å². The summed E-state index contributed by atoms with van der Waals surface area (Å²) in [6.07, 6.45) is 0. The topological polar surface area (TPSA) is 43.4 Å². The van der Waals surface area contributed by atoms with Crippen LogP contribution in [0.4, 0.5) is 4.39 Å². The first-order chi connectivity index (χ1) is 7.37. The predicted molar refractivity (Wildman–Crippen MR) is 60.7 cm³/mol. The zero-order valence-corrected chi connectivity index (χ0v) is 10.3. The lowest BCUT2D eigenvalue weighted by atomic mass is 10.2. The molecular weight excluding hydrogens is 255 g/mol. The van der Waals surface area contributed by atoms with E-state index < -0.39 is 9.05 Å². The second-order valence-corrected chi connectivity index (χ2v) is 6.40. The van der Waals surface area contributed by atoms with Gasteiger partial charge in [0.2, 0.25) is 9.05 Å². The number of hydrogen-bond donors (Lipinski definition) is 0. The predicted octanol–water partition coefficient (Wildman–Crippen LogP) is 2.41. The van der Waals surface area contributed by atoms with Crippen molar-refractivity contribution in [3.05, 3.63) is 30.1 Å². The first-order valence-electron chi connectivity index (χ1n) is 4.67. The van der Waals surface area contributed by atoms with Gasteiger partial charge in [-0.2, -0.15) is 0 Å². The van der Waals surface area contributed by atoms with Crippen LogP contribution in [0.25, 0.3) is 0 Å². The summed E-state index contributed by atoms with van der Waals surface area (Å²) in [7, 11) is 1.60. The van der Waals surface area contributed by atoms with Gasteiger partial charge in [-0.15, -0.1) is 0 Å². The molecule has 6 heteroatoms. The van der Waals surface area contributed by atoms with E-state index in [1.807, 2.05) is 0 Å². The smallest absolute Gasteiger partial charge is 0.232 e. The zero-order valence-electron chi connectivity index (χ0n) is 8.69. The molecule has 0 aromatic heterocycles. The van der Waals surface area contributed by atoms with Gasteiger partial charge in [0.15, 0.2) is 0 Å². The molecule has 0 aliphatic carbocycles. The fourth-order valence-electron chi connectivity index (χ4n) is 1.16. The van der Waals surface area contributed by atoms with Crippen molar-refractivity contribution in [1.82, 2.24) is 0 Å². The maximum atomic E-state index is 12.6. The lowest BCUT2D eigenvalue weighted by Crippen LogP contribution is -2.16. The van der Waals surface area contributed by atoms with Gasteiger partial charge in [0.05, 0.1) is 12.4 Å². The Morgan fingerprint density at radius 2 is 1.94 bits per heavy atom. The normalized spacial score (nSPS) is 13.4. The Bertz CT molecular complexity index is 430. The van der Waals surface area contributed by atoms with Crippen LogP contribution in [0.2, 0.25) is 0 Å². The number of halogens is 2. The monoisotopic (exact) mass is 266 g/mol. The van der Waals surface area contributed by atoms with Gasteiger partial charge in [-0.25, -0.2) is 12.8 Å². The summed E-state index contributed by atoms with van der Waals surface area (Å²) < 4.78 is 39.4. The minimum absolute atomic E-state index is 0.143. The van der Waals surface area contributed by atoms with Crippen LogP contribution in [0, 0.1) is 11.7 Å². The van der Waals surface area contributed by atoms with Crippen LogP contribution in [-0.4, -0.2) is 20.8 Å². The lowest BCUT2D eigenvalue weighted by molar-refractivity contribution is 0.272. The highest BCUT2D eigenvalue weighted by Gasteiger charge is 2.13. The molecule has 16 heavy (non-hydrogen) atoms. The Balaban J connectivity index is 2.43. The van der Waals surface area contributed by atoms with E-state index in [1.165, 1.54) is 24.3 Å². The molecule has 1 aromatic rings. The first kappa shape index (κ1) is 13.3. The minimum Gasteiger partial charge on any atom is -0.493 e. The number of rotatable bonds is 5. The fourth-order valence-corrected chi connectivity index (χ4v) is 2.58. The molecule has 0 amide bonds. The molecule has 0 bridgehead atoms. The van der Waals surface area contributed by atoms with Crippen LogP contribution < -0.4 is 4.74 Å². The van der Waals surface area contributed by atoms with Crippen molar-refractivity contribution in [2.24, 2.45) is 5.92 Å². The highest BCUT2D eigenvalue weighted by Crippen LogP contribution is 2.13. The molecule has 1 unspecified atom stereocenters. The third-order valence-electron chi connectivity index (χ3n) is 1.83. The number of hydrogen-bond acceptors (Lipinski definition) is 3. The average molecular weight is 267 g/mol. The van der Waals surface area contributed by atoms with Crippen LogP contribution in [0.5, 0.6) is 5.75 Å². The molecule has 0 spiro atoms. The summed E-state index contributed by atoms with van der Waals surface area (Å²) in [5.41, 5.74) is 0. The van der Waals surface area contributed by atoms with Crippen molar-refractivity contribution in [3.8, 4) is 5.75 Å². The Morgan fingerprint density at radius 3 is 2.44 bits per heavy atom. The third kappa shape index (κ3) is 5.32. The average Bonchev–Trinajstić information content (AvgIpc) is 2.14. The molecule has 90 valence electrons. The van der Waals surface area contributed by atoms with Gasteiger partial charge in [-0.1, -0.05) is 6.92 Å². The third-order valence-corrected chi connectivity index (χ3v) is 3.18. The number of ether oxygens (including phenoxy) is 1. The van der Waals surface area contributed by atoms with Crippen molar-refractivity contribution < 1.29 is 17.5 Å². The lowest BCUT2D eigenvalue weighted by Gasteiger charge is -2.11. The quantitative estimate of drug-likeness (QED) is 0.769. The SMILES string of the molecule is CC(COc1ccc(F)cc1)CS(=O)(=O)Cl. The molecule has 0 N–H and O–H groups in total. The molecule has 1 atom stereocenters. The summed E-state index contributed by atoms with van der Waals surface area (Å²) in [4.78, 5) is 0. The van der Waals surface area contributed by atoms with Gasteiger partial charge in [0, 0.05) is 16.6 Å². The zero-order chi connectivity index (χ0) is 12.2. The minimum atomic E-state index is -3.50. The molecule has 0 radical (unpaired) electrons. The molecule has 0 saturated carbocycles. The first-order valence-corrected chi connectivity index (χ1v) is 7.15. The second-order valence-electron chi connectivity index (χ2n) is 3.58. The van der Waals surface area contributed by atoms with Gasteiger partial charge in [-0.3, -0.25) is 0 Å². The van der Waals surface area contributed by atoms with Gasteiger partial charge in [-0.05, 0) is 24.3 Å². The molecule has 0 fully saturated rings. The van der Waals surface area contributed by atoms with E-state index in [9.17, 15) is 12.8 Å². The largest absolute Gasteiger partial charge is 0.493 e. The highest BCUT2D eigenvalue weighted by atomic mass is 35.7. The molecule has 0 aliphatic heterocycles. The maximum absolute atomic E-state index is 12.6. The van der Waals surface area contributed by atoms with Gasteiger partial charge in [0.1, 0.15) is 11.6 Å². The molecule has 1 aromatic carbocycles. The Kier molecular flexibility index (Phi) is 4.56. The molecule has 0 heterocycles. The summed E-state index contributed by atoms with van der Waals surface area (Å²) in [6, 6.07) is 5.52. The van der Waals surface area contributed by atoms with E-state index in [2.05, 4.69) is 0 Å². The van der Waals surface area contributed by atoms with Crippen molar-refractivity contribution >= 4 is 19.7 Å². The second kappa shape index (κ2) is 5.50. The Morgan fingerprint density at radius 1 is 1.38 bits per heavy atom. The molecule has 1 rings (SSSR count). The summed E-state index contributed by atoms with van der Waals surface area (Å²) >= 11 is 0. The summed E-state index contributed by atoms with van der Waals surface area (Å²) in [5.74, 6) is -0.202. The maximum Gasteiger partial charge on any atom is 0.232 e. The van der Waals surface area contributed by atoms with E-state index in [0.29, 0.717) is 5.75 Å². The summed E-state index contributed by atoms with van der Waals surface area (Å²) in [6.45, 7) is 1.93. The van der Waals surface area contributed by atoms with E-state index in [1.54, 1.807) is 6.92 Å². The van der Waals surface area contributed by atoms with E-state index in [0.717, 1.165) is 0 Å². The molecule has 0 aliphatic rings. The van der Waals surface area contributed by atoms with Crippen LogP contribution >= 0.6 is 10.7 Å². The Labute approximate surface area is 98.6 Å². The molecule has 3 nitrogen and oxygen atoms in total. The van der Waals surface area contributed by atoms with Crippen LogP contribution in [-0.2, 0) is 9.05 Å². The standard InChI is InChI=1S/C10H12ClFO3S/c1-8(7-16(11,13)14)6-15-10-4-2-9(12)3-5-10/h2-5,8H,6-7H2,1H3. The highest BCUT2D eigenvalue weighted by molar-refractivity contribution is 8.13. The summed E-state index contributed by atoms with van der Waals surface area (Å²) in [5, 5.41) is 0. The van der Waals surface area contributed by atoms with Crippen LogP contribution in [0.1, 0.15) is 6.92 Å². The van der Waals surface area contributed by atoms with Gasteiger partial charge >= 0.3 is 0 Å². The van der Waals surface area contributed by atoms with Crippen molar-refractivity contribution in [2.45, 2.75) is 6.92 Å².